The Morgan fingerprint density at radius 3 is 2.38 bits per heavy atom. The molecule has 0 atom stereocenters. The van der Waals surface area contributed by atoms with Gasteiger partial charge in [-0.15, -0.1) is 0 Å². The number of nitrogens with two attached hydrogens (primary N) is 1. The standard InChI is InChI=1S/C11H15F3N2/c1-10(2,4-5-15)9-7-16-6-3-8(9)11(12,13)14/h3,6-7H,4-5,15H2,1-2H3. The van der Waals surface area contributed by atoms with Crippen LogP contribution in [0.1, 0.15) is 31.4 Å². The molecular weight excluding hydrogens is 217 g/mol. The molecule has 0 unspecified atom stereocenters. The molecule has 0 aliphatic carbocycles. The van der Waals surface area contributed by atoms with Gasteiger partial charge in [-0.05, 0) is 30.0 Å². The molecule has 0 aromatic carbocycles. The summed E-state index contributed by atoms with van der Waals surface area (Å²) in [7, 11) is 0. The topological polar surface area (TPSA) is 38.9 Å². The van der Waals surface area contributed by atoms with Crippen LogP contribution in [0.4, 0.5) is 13.2 Å². The fourth-order valence-corrected chi connectivity index (χ4v) is 1.68. The number of rotatable bonds is 3. The zero-order valence-corrected chi connectivity index (χ0v) is 9.30. The number of alkyl halides is 3. The number of halogens is 3. The van der Waals surface area contributed by atoms with Gasteiger partial charge in [-0.1, -0.05) is 13.8 Å². The summed E-state index contributed by atoms with van der Waals surface area (Å²) in [6, 6.07) is 1.01. The van der Waals surface area contributed by atoms with E-state index >= 15 is 0 Å². The quantitative estimate of drug-likeness (QED) is 0.870. The van der Waals surface area contributed by atoms with E-state index in [1.165, 1.54) is 6.20 Å². The van der Waals surface area contributed by atoms with Crippen molar-refractivity contribution in [1.82, 2.24) is 4.98 Å². The molecule has 1 heterocycles. The van der Waals surface area contributed by atoms with Crippen molar-refractivity contribution in [2.24, 2.45) is 5.73 Å². The number of hydrogen-bond donors (Lipinski definition) is 1. The summed E-state index contributed by atoms with van der Waals surface area (Å²) in [5.74, 6) is 0. The van der Waals surface area contributed by atoms with Crippen molar-refractivity contribution in [3.05, 3.63) is 29.6 Å². The van der Waals surface area contributed by atoms with Crippen molar-refractivity contribution in [2.45, 2.75) is 31.9 Å². The number of hydrogen-bond acceptors (Lipinski definition) is 2. The first-order valence-corrected chi connectivity index (χ1v) is 5.01. The molecule has 0 bridgehead atoms. The Hall–Kier alpha value is -1.10. The maximum Gasteiger partial charge on any atom is 0.416 e. The van der Waals surface area contributed by atoms with Crippen molar-refractivity contribution >= 4 is 0 Å². The van der Waals surface area contributed by atoms with Gasteiger partial charge in [-0.25, -0.2) is 0 Å². The summed E-state index contributed by atoms with van der Waals surface area (Å²) in [5, 5.41) is 0. The van der Waals surface area contributed by atoms with E-state index < -0.39 is 17.2 Å². The molecule has 16 heavy (non-hydrogen) atoms. The van der Waals surface area contributed by atoms with Crippen molar-refractivity contribution in [2.75, 3.05) is 6.54 Å². The Kier molecular flexibility index (Phi) is 3.57. The van der Waals surface area contributed by atoms with Crippen molar-refractivity contribution in [3.8, 4) is 0 Å². The van der Waals surface area contributed by atoms with Gasteiger partial charge in [-0.2, -0.15) is 13.2 Å². The largest absolute Gasteiger partial charge is 0.416 e. The lowest BCUT2D eigenvalue weighted by atomic mass is 9.80. The molecule has 1 aromatic rings. The summed E-state index contributed by atoms with van der Waals surface area (Å²) < 4.78 is 38.3. The van der Waals surface area contributed by atoms with Crippen molar-refractivity contribution in [3.63, 3.8) is 0 Å². The Morgan fingerprint density at radius 2 is 1.88 bits per heavy atom. The van der Waals surface area contributed by atoms with Crippen LogP contribution in [0.15, 0.2) is 18.5 Å². The highest BCUT2D eigenvalue weighted by Gasteiger charge is 2.37. The predicted octanol–water partition coefficient (Wildman–Crippen LogP) is 2.73. The fourth-order valence-electron chi connectivity index (χ4n) is 1.68. The smallest absolute Gasteiger partial charge is 0.330 e. The molecule has 1 aromatic heterocycles. The van der Waals surface area contributed by atoms with Gasteiger partial charge < -0.3 is 5.73 Å². The fraction of sp³-hybridized carbons (Fsp3) is 0.545. The second-order valence-corrected chi connectivity index (χ2v) is 4.34. The molecule has 0 radical (unpaired) electrons. The van der Waals surface area contributed by atoms with Crippen molar-refractivity contribution in [1.29, 1.82) is 0 Å². The molecule has 2 nitrogen and oxygen atoms in total. The van der Waals surface area contributed by atoms with Crippen LogP contribution in [-0.4, -0.2) is 11.5 Å². The molecule has 0 aliphatic heterocycles. The van der Waals surface area contributed by atoms with E-state index in [4.69, 9.17) is 5.73 Å². The minimum absolute atomic E-state index is 0.202. The second kappa shape index (κ2) is 4.41. The first kappa shape index (κ1) is 13.0. The average Bonchev–Trinajstić information content (AvgIpc) is 2.16. The second-order valence-electron chi connectivity index (χ2n) is 4.34. The summed E-state index contributed by atoms with van der Waals surface area (Å²) in [6.45, 7) is 3.83. The van der Waals surface area contributed by atoms with Crippen LogP contribution in [0.5, 0.6) is 0 Å². The van der Waals surface area contributed by atoms with Gasteiger partial charge in [0.05, 0.1) is 5.56 Å². The van der Waals surface area contributed by atoms with Gasteiger partial charge in [0.15, 0.2) is 0 Å². The van der Waals surface area contributed by atoms with E-state index in [2.05, 4.69) is 4.98 Å². The van der Waals surface area contributed by atoms with Crippen LogP contribution < -0.4 is 5.73 Å². The van der Waals surface area contributed by atoms with E-state index in [1.807, 2.05) is 0 Å². The van der Waals surface area contributed by atoms with Gasteiger partial charge in [-0.3, -0.25) is 4.98 Å². The molecule has 0 fully saturated rings. The molecule has 5 heteroatoms. The lowest BCUT2D eigenvalue weighted by Gasteiger charge is -2.27. The molecule has 2 N–H and O–H groups in total. The molecule has 90 valence electrons. The molecular formula is C11H15F3N2. The average molecular weight is 232 g/mol. The van der Waals surface area contributed by atoms with E-state index in [0.29, 0.717) is 13.0 Å². The van der Waals surface area contributed by atoms with Crippen LogP contribution >= 0.6 is 0 Å². The van der Waals surface area contributed by atoms with Gasteiger partial charge in [0, 0.05) is 12.4 Å². The van der Waals surface area contributed by atoms with Crippen LogP contribution in [0.3, 0.4) is 0 Å². The molecule has 0 saturated carbocycles. The Morgan fingerprint density at radius 1 is 1.25 bits per heavy atom. The molecule has 1 rings (SSSR count). The summed E-state index contributed by atoms with van der Waals surface area (Å²) in [5.41, 5.74) is 4.37. The minimum Gasteiger partial charge on any atom is -0.330 e. The van der Waals surface area contributed by atoms with Gasteiger partial charge >= 0.3 is 6.18 Å². The monoisotopic (exact) mass is 232 g/mol. The summed E-state index contributed by atoms with van der Waals surface area (Å²) in [6.07, 6.45) is -1.42. The zero-order valence-electron chi connectivity index (χ0n) is 9.30. The lowest BCUT2D eigenvalue weighted by molar-refractivity contribution is -0.138. The first-order chi connectivity index (χ1) is 7.29. The minimum atomic E-state index is -4.34. The van der Waals surface area contributed by atoms with E-state index in [0.717, 1.165) is 12.3 Å². The highest BCUT2D eigenvalue weighted by Crippen LogP contribution is 2.38. The van der Waals surface area contributed by atoms with Gasteiger partial charge in [0.2, 0.25) is 0 Å². The third kappa shape index (κ3) is 2.72. The predicted molar refractivity (Wildman–Crippen MR) is 55.9 cm³/mol. The Balaban J connectivity index is 3.23. The van der Waals surface area contributed by atoms with E-state index in [-0.39, 0.29) is 5.56 Å². The lowest BCUT2D eigenvalue weighted by Crippen LogP contribution is -2.26. The van der Waals surface area contributed by atoms with Crippen molar-refractivity contribution < 1.29 is 13.2 Å². The molecule has 0 aliphatic rings. The third-order valence-corrected chi connectivity index (χ3v) is 2.62. The van der Waals surface area contributed by atoms with Gasteiger partial charge in [0.1, 0.15) is 0 Å². The maximum absolute atomic E-state index is 12.8. The van der Waals surface area contributed by atoms with Crippen LogP contribution in [0.25, 0.3) is 0 Å². The third-order valence-electron chi connectivity index (χ3n) is 2.62. The highest BCUT2D eigenvalue weighted by atomic mass is 19.4. The Labute approximate surface area is 92.7 Å². The zero-order chi connectivity index (χ0) is 12.4. The van der Waals surface area contributed by atoms with E-state index in [1.54, 1.807) is 13.8 Å². The summed E-state index contributed by atoms with van der Waals surface area (Å²) in [4.78, 5) is 3.77. The normalized spacial score (nSPS) is 12.9. The number of pyridine rings is 1. The number of aromatic nitrogens is 1. The van der Waals surface area contributed by atoms with Crippen LogP contribution in [0.2, 0.25) is 0 Å². The Bertz CT molecular complexity index is 358. The van der Waals surface area contributed by atoms with Gasteiger partial charge in [0.25, 0.3) is 0 Å². The van der Waals surface area contributed by atoms with Crippen LogP contribution in [-0.2, 0) is 11.6 Å². The summed E-state index contributed by atoms with van der Waals surface area (Å²) >= 11 is 0. The SMILES string of the molecule is CC(C)(CCN)c1cnccc1C(F)(F)F. The molecule has 0 saturated heterocycles. The highest BCUT2D eigenvalue weighted by molar-refractivity contribution is 5.32. The molecule has 0 spiro atoms. The van der Waals surface area contributed by atoms with Crippen LogP contribution in [0, 0.1) is 0 Å². The molecule has 0 amide bonds. The number of nitrogens with zero attached hydrogens (tertiary/aromatic N) is 1. The van der Waals surface area contributed by atoms with E-state index in [9.17, 15) is 13.2 Å². The maximum atomic E-state index is 12.8. The first-order valence-electron chi connectivity index (χ1n) is 5.01.